The predicted octanol–water partition coefficient (Wildman–Crippen LogP) is 3.22. The van der Waals surface area contributed by atoms with Crippen molar-refractivity contribution in [3.8, 4) is 0 Å². The van der Waals surface area contributed by atoms with Gasteiger partial charge in [0.05, 0.1) is 0 Å². The quantitative estimate of drug-likeness (QED) is 0.940. The Hall–Kier alpha value is -2.62. The molecule has 1 amide bonds. The topological polar surface area (TPSA) is 57.6 Å². The van der Waals surface area contributed by atoms with Gasteiger partial charge in [-0.25, -0.2) is 4.79 Å². The van der Waals surface area contributed by atoms with Gasteiger partial charge in [-0.3, -0.25) is 4.79 Å². The lowest BCUT2D eigenvalue weighted by Gasteiger charge is -2.35. The third-order valence-corrected chi connectivity index (χ3v) is 4.70. The van der Waals surface area contributed by atoms with E-state index >= 15 is 0 Å². The highest BCUT2D eigenvalue weighted by Crippen LogP contribution is 2.27. The van der Waals surface area contributed by atoms with E-state index in [0.717, 1.165) is 16.7 Å². The molecule has 0 bridgehead atoms. The van der Waals surface area contributed by atoms with Crippen molar-refractivity contribution in [2.24, 2.45) is 0 Å². The van der Waals surface area contributed by atoms with Crippen LogP contribution in [0.2, 0.25) is 0 Å². The highest BCUT2D eigenvalue weighted by molar-refractivity contribution is 5.85. The summed E-state index contributed by atoms with van der Waals surface area (Å²) in [4.78, 5) is 25.9. The first-order valence-corrected chi connectivity index (χ1v) is 8.20. The molecule has 0 fully saturated rings. The Morgan fingerprint density at radius 2 is 1.71 bits per heavy atom. The zero-order valence-electron chi connectivity index (χ0n) is 13.7. The zero-order valence-corrected chi connectivity index (χ0v) is 13.7. The van der Waals surface area contributed by atoms with E-state index in [4.69, 9.17) is 0 Å². The van der Waals surface area contributed by atoms with Gasteiger partial charge in [0.2, 0.25) is 5.91 Å². The molecule has 0 aliphatic carbocycles. The fourth-order valence-electron chi connectivity index (χ4n) is 3.28. The van der Waals surface area contributed by atoms with Gasteiger partial charge in [-0.15, -0.1) is 0 Å². The summed E-state index contributed by atoms with van der Waals surface area (Å²) in [7, 11) is 0. The van der Waals surface area contributed by atoms with Crippen molar-refractivity contribution in [1.29, 1.82) is 0 Å². The van der Waals surface area contributed by atoms with Crippen LogP contribution in [0, 0.1) is 0 Å². The minimum Gasteiger partial charge on any atom is -0.480 e. The molecule has 2 unspecified atom stereocenters. The van der Waals surface area contributed by atoms with Crippen LogP contribution < -0.4 is 0 Å². The van der Waals surface area contributed by atoms with Gasteiger partial charge >= 0.3 is 5.97 Å². The van der Waals surface area contributed by atoms with Crippen LogP contribution in [-0.2, 0) is 22.6 Å². The summed E-state index contributed by atoms with van der Waals surface area (Å²) in [5, 5.41) is 9.54. The number of fused-ring (bicyclic) bond motifs is 1. The smallest absolute Gasteiger partial charge is 0.326 e. The van der Waals surface area contributed by atoms with Crippen LogP contribution in [0.1, 0.15) is 36.0 Å². The molecule has 24 heavy (non-hydrogen) atoms. The van der Waals surface area contributed by atoms with Crippen LogP contribution in [0.3, 0.4) is 0 Å². The summed E-state index contributed by atoms with van der Waals surface area (Å²) in [5.41, 5.74) is 3.15. The monoisotopic (exact) mass is 323 g/mol. The Morgan fingerprint density at radius 3 is 2.38 bits per heavy atom. The van der Waals surface area contributed by atoms with E-state index < -0.39 is 12.0 Å². The summed E-state index contributed by atoms with van der Waals surface area (Å²) in [6.07, 6.45) is 0.687. The van der Waals surface area contributed by atoms with Gasteiger partial charge in [0.15, 0.2) is 0 Å². The van der Waals surface area contributed by atoms with Crippen molar-refractivity contribution in [2.75, 3.05) is 0 Å². The van der Waals surface area contributed by atoms with Gasteiger partial charge in [-0.1, -0.05) is 61.5 Å². The number of carbonyl (C=O) groups excluding carboxylic acids is 1. The van der Waals surface area contributed by atoms with Crippen LogP contribution >= 0.6 is 0 Å². The summed E-state index contributed by atoms with van der Waals surface area (Å²) < 4.78 is 0. The molecule has 0 saturated carbocycles. The van der Waals surface area contributed by atoms with E-state index in [1.54, 1.807) is 0 Å². The lowest BCUT2D eigenvalue weighted by atomic mass is 9.92. The Balaban J connectivity index is 1.78. The molecule has 2 aromatic carbocycles. The standard InChI is InChI=1S/C20H21NO3/c1-14(15-7-3-2-4-8-15)11-19(22)21-13-17-10-6-5-9-16(17)12-18(21)20(23)24/h2-10,14,18H,11-13H2,1H3,(H,23,24). The first kappa shape index (κ1) is 16.2. The van der Waals surface area contributed by atoms with Crippen LogP contribution in [0.15, 0.2) is 54.6 Å². The number of aliphatic carboxylic acids is 1. The molecule has 1 N–H and O–H groups in total. The fraction of sp³-hybridized carbons (Fsp3) is 0.300. The molecule has 4 heteroatoms. The normalized spacial score (nSPS) is 17.9. The molecule has 0 radical (unpaired) electrons. The highest BCUT2D eigenvalue weighted by atomic mass is 16.4. The number of carboxylic acid groups (broad SMARTS) is 1. The zero-order chi connectivity index (χ0) is 17.1. The third kappa shape index (κ3) is 3.32. The molecule has 124 valence electrons. The summed E-state index contributed by atoms with van der Waals surface area (Å²) in [5.74, 6) is -0.983. The van der Waals surface area contributed by atoms with Gasteiger partial charge < -0.3 is 10.0 Å². The van der Waals surface area contributed by atoms with Crippen molar-refractivity contribution >= 4 is 11.9 Å². The van der Waals surface area contributed by atoms with Gasteiger partial charge in [-0.2, -0.15) is 0 Å². The minimum absolute atomic E-state index is 0.0605. The lowest BCUT2D eigenvalue weighted by Crippen LogP contribution is -2.48. The van der Waals surface area contributed by atoms with E-state index in [2.05, 4.69) is 0 Å². The molecule has 4 nitrogen and oxygen atoms in total. The lowest BCUT2D eigenvalue weighted by molar-refractivity contribution is -0.151. The largest absolute Gasteiger partial charge is 0.480 e. The summed E-state index contributed by atoms with van der Waals surface area (Å²) in [6.45, 7) is 2.37. The molecular formula is C20H21NO3. The number of benzene rings is 2. The average molecular weight is 323 g/mol. The maximum absolute atomic E-state index is 12.8. The molecule has 0 saturated heterocycles. The maximum atomic E-state index is 12.8. The molecule has 3 rings (SSSR count). The van der Waals surface area contributed by atoms with Gasteiger partial charge in [0, 0.05) is 19.4 Å². The van der Waals surface area contributed by atoms with Crippen molar-refractivity contribution in [2.45, 2.75) is 38.3 Å². The molecule has 0 spiro atoms. The Bertz CT molecular complexity index is 742. The number of amides is 1. The second-order valence-electron chi connectivity index (χ2n) is 6.36. The SMILES string of the molecule is CC(CC(=O)N1Cc2ccccc2CC1C(=O)O)c1ccccc1. The van der Waals surface area contributed by atoms with Crippen LogP contribution in [0.25, 0.3) is 0 Å². The van der Waals surface area contributed by atoms with E-state index in [1.807, 2.05) is 61.5 Å². The van der Waals surface area contributed by atoms with E-state index in [-0.39, 0.29) is 11.8 Å². The van der Waals surface area contributed by atoms with Crippen LogP contribution in [0.5, 0.6) is 0 Å². The number of carboxylic acids is 1. The average Bonchev–Trinajstić information content (AvgIpc) is 2.61. The first-order chi connectivity index (χ1) is 11.6. The number of nitrogens with zero attached hydrogens (tertiary/aromatic N) is 1. The molecule has 0 aromatic heterocycles. The van der Waals surface area contributed by atoms with Crippen molar-refractivity contribution < 1.29 is 14.7 Å². The van der Waals surface area contributed by atoms with Crippen LogP contribution in [0.4, 0.5) is 0 Å². The number of hydrogen-bond donors (Lipinski definition) is 1. The van der Waals surface area contributed by atoms with Gasteiger partial charge in [0.25, 0.3) is 0 Å². The molecular weight excluding hydrogens is 302 g/mol. The Labute approximate surface area is 141 Å². The van der Waals surface area contributed by atoms with E-state index in [1.165, 1.54) is 4.90 Å². The maximum Gasteiger partial charge on any atom is 0.326 e. The number of carbonyl (C=O) groups is 2. The molecule has 1 aliphatic rings. The second-order valence-corrected chi connectivity index (χ2v) is 6.36. The molecule has 2 atom stereocenters. The molecule has 1 heterocycles. The highest BCUT2D eigenvalue weighted by Gasteiger charge is 2.34. The second kappa shape index (κ2) is 6.87. The Morgan fingerprint density at radius 1 is 1.08 bits per heavy atom. The summed E-state index contributed by atoms with van der Waals surface area (Å²) in [6, 6.07) is 16.8. The summed E-state index contributed by atoms with van der Waals surface area (Å²) >= 11 is 0. The van der Waals surface area contributed by atoms with Crippen molar-refractivity contribution in [3.05, 3.63) is 71.3 Å². The van der Waals surface area contributed by atoms with Crippen molar-refractivity contribution in [3.63, 3.8) is 0 Å². The Kier molecular flexibility index (Phi) is 4.65. The number of hydrogen-bond acceptors (Lipinski definition) is 2. The minimum atomic E-state index is -0.940. The third-order valence-electron chi connectivity index (χ3n) is 4.70. The van der Waals surface area contributed by atoms with Gasteiger partial charge in [-0.05, 0) is 22.6 Å². The number of rotatable bonds is 4. The van der Waals surface area contributed by atoms with E-state index in [0.29, 0.717) is 19.4 Å². The van der Waals surface area contributed by atoms with Crippen molar-refractivity contribution in [1.82, 2.24) is 4.90 Å². The molecule has 1 aliphatic heterocycles. The fourth-order valence-corrected chi connectivity index (χ4v) is 3.28. The molecule has 2 aromatic rings. The van der Waals surface area contributed by atoms with Gasteiger partial charge in [0.1, 0.15) is 6.04 Å². The predicted molar refractivity (Wildman–Crippen MR) is 91.6 cm³/mol. The van der Waals surface area contributed by atoms with E-state index in [9.17, 15) is 14.7 Å². The first-order valence-electron chi connectivity index (χ1n) is 8.20. The van der Waals surface area contributed by atoms with Crippen LogP contribution in [-0.4, -0.2) is 27.9 Å².